The Bertz CT molecular complexity index is 885. The Balaban J connectivity index is 0.000000508. The topological polar surface area (TPSA) is 80.6 Å². The Morgan fingerprint density at radius 3 is 2.62 bits per heavy atom. The summed E-state index contributed by atoms with van der Waals surface area (Å²) in [5.74, 6) is -0.334. The monoisotopic (exact) mass is 327 g/mol. The number of hydrogen-bond donors (Lipinski definition) is 2. The number of imidazole rings is 1. The molecular weight excluding hydrogens is 309 g/mol. The van der Waals surface area contributed by atoms with E-state index in [2.05, 4.69) is 4.98 Å². The molecule has 3 N–H and O–H groups in total. The van der Waals surface area contributed by atoms with Gasteiger partial charge in [0, 0.05) is 11.8 Å². The molecule has 0 amide bonds. The van der Waals surface area contributed by atoms with Gasteiger partial charge in [-0.15, -0.1) is 0 Å². The van der Waals surface area contributed by atoms with E-state index in [0.717, 1.165) is 0 Å². The molecule has 6 heteroatoms. The normalized spacial score (nSPS) is 12.6. The van der Waals surface area contributed by atoms with E-state index in [1.807, 2.05) is 0 Å². The first-order valence-corrected chi connectivity index (χ1v) is 7.77. The quantitative estimate of drug-likeness (QED) is 0.724. The average molecular weight is 327 g/mol. The van der Waals surface area contributed by atoms with Crippen molar-refractivity contribution in [1.29, 1.82) is 0 Å². The van der Waals surface area contributed by atoms with Gasteiger partial charge in [0.15, 0.2) is 12.1 Å². The molecule has 2 heterocycles. The number of anilines is 1. The minimum atomic E-state index is -0.476. The number of aliphatic hydroxyl groups excluding tert-OH is 1. The van der Waals surface area contributed by atoms with E-state index < -0.39 is 12.4 Å². The number of nitrogen functional groups attached to an aromatic ring is 1. The van der Waals surface area contributed by atoms with E-state index in [1.54, 1.807) is 34.9 Å². The number of carbonyl (C=O) groups is 1. The number of hydrogen-bond acceptors (Lipinski definition) is 4. The van der Waals surface area contributed by atoms with Crippen LogP contribution in [0.5, 0.6) is 0 Å². The molecule has 0 atom stereocenters. The first-order chi connectivity index (χ1) is 11.7. The third kappa shape index (κ3) is 3.14. The molecule has 124 valence electrons. The van der Waals surface area contributed by atoms with Crippen LogP contribution >= 0.6 is 0 Å². The molecule has 0 aliphatic heterocycles. The van der Waals surface area contributed by atoms with Gasteiger partial charge in [-0.3, -0.25) is 9.20 Å². The van der Waals surface area contributed by atoms with Gasteiger partial charge in [0.25, 0.3) is 0 Å². The molecule has 24 heavy (non-hydrogen) atoms. The van der Waals surface area contributed by atoms with E-state index in [-0.39, 0.29) is 17.1 Å². The Morgan fingerprint density at radius 2 is 2.00 bits per heavy atom. The number of nitrogens with zero attached hydrogens (tertiary/aromatic N) is 2. The molecule has 1 fully saturated rings. The van der Waals surface area contributed by atoms with Crippen molar-refractivity contribution >= 4 is 17.8 Å². The van der Waals surface area contributed by atoms with E-state index in [4.69, 9.17) is 5.73 Å². The van der Waals surface area contributed by atoms with Gasteiger partial charge in [0.1, 0.15) is 17.2 Å². The van der Waals surface area contributed by atoms with Crippen LogP contribution in [0.3, 0.4) is 0 Å². The molecule has 0 unspecified atom stereocenters. The molecule has 0 spiro atoms. The number of fused-ring (bicyclic) bond motifs is 1. The standard InChI is InChI=1S/C15H12FN3O2.C3H6/c16-12-3-1-2-10(11(12)7-20)9-4-5-14-18-15(17)13(8-21)19(14)6-9;1-2-3-1/h1-6,8,20H,7,17H2;1-3H2. The van der Waals surface area contributed by atoms with Crippen molar-refractivity contribution in [2.75, 3.05) is 5.73 Å². The van der Waals surface area contributed by atoms with Crippen molar-refractivity contribution in [3.63, 3.8) is 0 Å². The summed E-state index contributed by atoms with van der Waals surface area (Å²) < 4.78 is 15.3. The highest BCUT2D eigenvalue weighted by molar-refractivity contribution is 5.82. The molecule has 0 bridgehead atoms. The molecule has 2 aromatic heterocycles. The van der Waals surface area contributed by atoms with Crippen molar-refractivity contribution in [1.82, 2.24) is 9.38 Å². The van der Waals surface area contributed by atoms with Gasteiger partial charge in [-0.05, 0) is 29.3 Å². The summed E-state index contributed by atoms with van der Waals surface area (Å²) in [5, 5.41) is 9.34. The maximum Gasteiger partial charge on any atom is 0.170 e. The second kappa shape index (κ2) is 6.80. The van der Waals surface area contributed by atoms with Crippen LogP contribution in [-0.2, 0) is 6.61 Å². The van der Waals surface area contributed by atoms with Crippen LogP contribution in [0.25, 0.3) is 16.8 Å². The van der Waals surface area contributed by atoms with Crippen molar-refractivity contribution in [2.24, 2.45) is 0 Å². The fourth-order valence-corrected chi connectivity index (χ4v) is 2.35. The van der Waals surface area contributed by atoms with Gasteiger partial charge in [-0.2, -0.15) is 0 Å². The van der Waals surface area contributed by atoms with Crippen molar-refractivity contribution < 1.29 is 14.3 Å². The lowest BCUT2D eigenvalue weighted by Crippen LogP contribution is -1.97. The molecule has 0 radical (unpaired) electrons. The second-order valence-electron chi connectivity index (χ2n) is 5.63. The smallest absolute Gasteiger partial charge is 0.170 e. The van der Waals surface area contributed by atoms with Crippen LogP contribution in [0.1, 0.15) is 35.3 Å². The van der Waals surface area contributed by atoms with Crippen molar-refractivity contribution in [3.8, 4) is 11.1 Å². The second-order valence-corrected chi connectivity index (χ2v) is 5.63. The van der Waals surface area contributed by atoms with Crippen molar-refractivity contribution in [2.45, 2.75) is 25.9 Å². The summed E-state index contributed by atoms with van der Waals surface area (Å²) in [5.41, 5.74) is 7.87. The van der Waals surface area contributed by atoms with Gasteiger partial charge in [-0.1, -0.05) is 31.4 Å². The molecule has 1 aromatic carbocycles. The molecule has 0 saturated heterocycles. The summed E-state index contributed by atoms with van der Waals surface area (Å²) in [6.07, 6.45) is 6.77. The summed E-state index contributed by atoms with van der Waals surface area (Å²) in [6.45, 7) is -0.410. The van der Waals surface area contributed by atoms with Crippen LogP contribution in [0.4, 0.5) is 10.2 Å². The SMILES string of the molecule is C1CC1.Nc1nc2ccc(-c3cccc(F)c3CO)cn2c1C=O. The third-order valence-electron chi connectivity index (χ3n) is 3.74. The van der Waals surface area contributed by atoms with Gasteiger partial charge in [0.05, 0.1) is 6.61 Å². The largest absolute Gasteiger partial charge is 0.392 e. The van der Waals surface area contributed by atoms with Gasteiger partial charge < -0.3 is 10.8 Å². The number of halogens is 1. The van der Waals surface area contributed by atoms with Gasteiger partial charge in [-0.25, -0.2) is 9.37 Å². The summed E-state index contributed by atoms with van der Waals surface area (Å²) in [6, 6.07) is 7.99. The van der Waals surface area contributed by atoms with Crippen LogP contribution in [-0.4, -0.2) is 20.8 Å². The molecular formula is C18H18FN3O2. The van der Waals surface area contributed by atoms with E-state index in [1.165, 1.54) is 25.3 Å². The Hall–Kier alpha value is -2.73. The fourth-order valence-electron chi connectivity index (χ4n) is 2.35. The van der Waals surface area contributed by atoms with Crippen LogP contribution in [0, 0.1) is 5.82 Å². The number of pyridine rings is 1. The number of aromatic nitrogens is 2. The molecule has 1 saturated carbocycles. The van der Waals surface area contributed by atoms with Crippen molar-refractivity contribution in [3.05, 3.63) is 53.6 Å². The minimum absolute atomic E-state index is 0.142. The molecule has 5 nitrogen and oxygen atoms in total. The predicted octanol–water partition coefficient (Wildman–Crippen LogP) is 3.20. The zero-order valence-corrected chi connectivity index (χ0v) is 13.1. The Labute approximate surface area is 138 Å². The maximum absolute atomic E-state index is 13.7. The van der Waals surface area contributed by atoms with E-state index >= 15 is 0 Å². The highest BCUT2D eigenvalue weighted by Gasteiger charge is 2.13. The van der Waals surface area contributed by atoms with E-state index in [9.17, 15) is 14.3 Å². The zero-order chi connectivity index (χ0) is 17.1. The number of aldehydes is 1. The first-order valence-electron chi connectivity index (χ1n) is 7.77. The zero-order valence-electron chi connectivity index (χ0n) is 13.1. The third-order valence-corrected chi connectivity index (χ3v) is 3.74. The average Bonchev–Trinajstić information content (AvgIpc) is 3.42. The highest BCUT2D eigenvalue weighted by atomic mass is 19.1. The fraction of sp³-hybridized carbons (Fsp3) is 0.222. The molecule has 4 rings (SSSR count). The van der Waals surface area contributed by atoms with Crippen LogP contribution in [0.2, 0.25) is 0 Å². The summed E-state index contributed by atoms with van der Waals surface area (Å²) in [7, 11) is 0. The maximum atomic E-state index is 13.7. The predicted molar refractivity (Wildman–Crippen MR) is 90.2 cm³/mol. The highest BCUT2D eigenvalue weighted by Crippen LogP contribution is 2.27. The Kier molecular flexibility index (Phi) is 4.57. The number of benzene rings is 1. The number of rotatable bonds is 3. The summed E-state index contributed by atoms with van der Waals surface area (Å²) in [4.78, 5) is 15.2. The number of aliphatic hydroxyl groups is 1. The first kappa shape index (κ1) is 16.1. The molecule has 1 aliphatic rings. The van der Waals surface area contributed by atoms with E-state index in [0.29, 0.717) is 23.1 Å². The number of carbonyl (C=O) groups excluding carboxylic acids is 1. The van der Waals surface area contributed by atoms with Gasteiger partial charge in [0.2, 0.25) is 0 Å². The minimum Gasteiger partial charge on any atom is -0.392 e. The lowest BCUT2D eigenvalue weighted by atomic mass is 10.0. The van der Waals surface area contributed by atoms with Gasteiger partial charge >= 0.3 is 0 Å². The molecule has 3 aromatic rings. The lowest BCUT2D eigenvalue weighted by molar-refractivity contribution is 0.111. The number of nitrogens with two attached hydrogens (primary N) is 1. The lowest BCUT2D eigenvalue weighted by Gasteiger charge is -2.09. The van der Waals surface area contributed by atoms with Crippen LogP contribution < -0.4 is 5.73 Å². The summed E-state index contributed by atoms with van der Waals surface area (Å²) >= 11 is 0. The van der Waals surface area contributed by atoms with Crippen LogP contribution in [0.15, 0.2) is 36.5 Å². The Morgan fingerprint density at radius 1 is 1.25 bits per heavy atom. The molecule has 1 aliphatic carbocycles.